The van der Waals surface area contributed by atoms with Crippen LogP contribution < -0.4 is 0 Å². The highest BCUT2D eigenvalue weighted by atomic mass is 14.2. The quantitative estimate of drug-likeness (QED) is 0.528. The summed E-state index contributed by atoms with van der Waals surface area (Å²) in [7, 11) is 0. The van der Waals surface area contributed by atoms with Gasteiger partial charge in [0.25, 0.3) is 0 Å². The van der Waals surface area contributed by atoms with Gasteiger partial charge in [-0.3, -0.25) is 0 Å². The van der Waals surface area contributed by atoms with Crippen molar-refractivity contribution in [2.24, 2.45) is 11.3 Å². The molecule has 0 aliphatic carbocycles. The lowest BCUT2D eigenvalue weighted by Crippen LogP contribution is -2.06. The molecule has 0 saturated carbocycles. The first kappa shape index (κ1) is 10.5. The molecule has 0 heterocycles. The monoisotopic (exact) mass is 152 g/mol. The van der Waals surface area contributed by atoms with Crippen LogP contribution >= 0.6 is 0 Å². The Balaban J connectivity index is 4.09. The van der Waals surface area contributed by atoms with E-state index in [1.807, 2.05) is 0 Å². The summed E-state index contributed by atoms with van der Waals surface area (Å²) in [5.41, 5.74) is 1.41. The van der Waals surface area contributed by atoms with Gasteiger partial charge in [0, 0.05) is 0 Å². The van der Waals surface area contributed by atoms with Gasteiger partial charge in [0.05, 0.1) is 0 Å². The maximum Gasteiger partial charge on any atom is -0.0138 e. The van der Waals surface area contributed by atoms with Crippen LogP contribution in [0.3, 0.4) is 0 Å². The third-order valence-corrected chi connectivity index (χ3v) is 1.65. The van der Waals surface area contributed by atoms with Crippen LogP contribution in [0, 0.1) is 11.3 Å². The Hall–Kier alpha value is -0.520. The summed E-state index contributed by atoms with van der Waals surface area (Å²) in [4.78, 5) is 0. The van der Waals surface area contributed by atoms with E-state index >= 15 is 0 Å². The lowest BCUT2D eigenvalue weighted by atomic mass is 9.87. The van der Waals surface area contributed by atoms with Crippen LogP contribution in [0.5, 0.6) is 0 Å². The van der Waals surface area contributed by atoms with Crippen molar-refractivity contribution in [3.63, 3.8) is 0 Å². The lowest BCUT2D eigenvalue weighted by Gasteiger charge is -2.18. The van der Waals surface area contributed by atoms with Gasteiger partial charge in [-0.25, -0.2) is 0 Å². The van der Waals surface area contributed by atoms with E-state index in [9.17, 15) is 0 Å². The largest absolute Gasteiger partial charge is 0.0953 e. The van der Waals surface area contributed by atoms with Crippen LogP contribution in [0.25, 0.3) is 0 Å². The first-order valence-electron chi connectivity index (χ1n) is 4.21. The first-order valence-corrected chi connectivity index (χ1v) is 4.21. The fourth-order valence-corrected chi connectivity index (χ4v) is 0.559. The van der Waals surface area contributed by atoms with Crippen LogP contribution in [-0.4, -0.2) is 0 Å². The second-order valence-corrected chi connectivity index (χ2v) is 4.38. The zero-order valence-electron chi connectivity index (χ0n) is 8.44. The molecule has 0 heteroatoms. The average molecular weight is 152 g/mol. The fourth-order valence-electron chi connectivity index (χ4n) is 0.559. The Kier molecular flexibility index (Phi) is 3.57. The van der Waals surface area contributed by atoms with Gasteiger partial charge in [-0.2, -0.15) is 0 Å². The van der Waals surface area contributed by atoms with Gasteiger partial charge in [-0.1, -0.05) is 58.9 Å². The minimum Gasteiger partial charge on any atom is -0.0953 e. The van der Waals surface area contributed by atoms with Crippen LogP contribution in [0.2, 0.25) is 0 Å². The molecule has 0 radical (unpaired) electrons. The number of rotatable bonds is 2. The molecule has 0 rings (SSSR count). The van der Waals surface area contributed by atoms with Gasteiger partial charge < -0.3 is 0 Å². The molecule has 0 atom stereocenters. The Morgan fingerprint density at radius 2 is 1.73 bits per heavy atom. The highest BCUT2D eigenvalue weighted by molar-refractivity contribution is 5.21. The lowest BCUT2D eigenvalue weighted by molar-refractivity contribution is 0.518. The van der Waals surface area contributed by atoms with Crippen molar-refractivity contribution >= 4 is 0 Å². The predicted octanol–water partition coefficient (Wildman–Crippen LogP) is 3.80. The molecule has 0 aromatic carbocycles. The van der Waals surface area contributed by atoms with Crippen LogP contribution in [0.1, 0.15) is 34.6 Å². The molecule has 0 bridgehead atoms. The molecule has 0 nitrogen and oxygen atoms in total. The third-order valence-electron chi connectivity index (χ3n) is 1.65. The fraction of sp³-hybridized carbons (Fsp3) is 0.636. The molecule has 0 saturated heterocycles. The second kappa shape index (κ2) is 3.75. The van der Waals surface area contributed by atoms with E-state index in [2.05, 4.69) is 53.3 Å². The van der Waals surface area contributed by atoms with Gasteiger partial charge >= 0.3 is 0 Å². The summed E-state index contributed by atoms with van der Waals surface area (Å²) in [5, 5.41) is 0. The Labute approximate surface area is 71.0 Å². The maximum absolute atomic E-state index is 4.01. The van der Waals surface area contributed by atoms with Crippen molar-refractivity contribution in [3.05, 3.63) is 24.3 Å². The SMILES string of the molecule is C=C(/C=C/C(C)C)C(C)(C)C. The van der Waals surface area contributed by atoms with E-state index in [1.54, 1.807) is 0 Å². The smallest absolute Gasteiger partial charge is 0.0138 e. The van der Waals surface area contributed by atoms with Gasteiger partial charge in [0.1, 0.15) is 0 Å². The number of hydrogen-bond donors (Lipinski definition) is 0. The van der Waals surface area contributed by atoms with Crippen molar-refractivity contribution < 1.29 is 0 Å². The molecule has 0 aliphatic heterocycles. The molecule has 64 valence electrons. The van der Waals surface area contributed by atoms with Crippen molar-refractivity contribution in [3.8, 4) is 0 Å². The Morgan fingerprint density at radius 3 is 2.00 bits per heavy atom. The molecule has 0 N–H and O–H groups in total. The summed E-state index contributed by atoms with van der Waals surface area (Å²) in [6.45, 7) is 14.9. The van der Waals surface area contributed by atoms with Crippen LogP contribution in [0.4, 0.5) is 0 Å². The normalized spacial score (nSPS) is 12.9. The topological polar surface area (TPSA) is 0 Å². The van der Waals surface area contributed by atoms with Crippen molar-refractivity contribution in [1.29, 1.82) is 0 Å². The average Bonchev–Trinajstić information content (AvgIpc) is 1.80. The molecule has 0 aromatic heterocycles. The zero-order chi connectivity index (χ0) is 9.07. The molecule has 0 unspecified atom stereocenters. The van der Waals surface area contributed by atoms with E-state index in [0.717, 1.165) is 0 Å². The summed E-state index contributed by atoms with van der Waals surface area (Å²) in [5.74, 6) is 0.620. The number of allylic oxidation sites excluding steroid dienone is 3. The van der Waals surface area contributed by atoms with E-state index in [-0.39, 0.29) is 5.41 Å². The molecule has 0 amide bonds. The first-order chi connectivity index (χ1) is 4.84. The molecular weight excluding hydrogens is 132 g/mol. The maximum atomic E-state index is 4.01. The molecule has 0 spiro atoms. The zero-order valence-corrected chi connectivity index (χ0v) is 8.44. The minimum absolute atomic E-state index is 0.214. The second-order valence-electron chi connectivity index (χ2n) is 4.38. The molecule has 0 aromatic rings. The summed E-state index contributed by atoms with van der Waals surface area (Å²) in [6, 6.07) is 0. The molecule has 11 heavy (non-hydrogen) atoms. The predicted molar refractivity (Wildman–Crippen MR) is 52.6 cm³/mol. The van der Waals surface area contributed by atoms with Crippen molar-refractivity contribution in [1.82, 2.24) is 0 Å². The van der Waals surface area contributed by atoms with Crippen molar-refractivity contribution in [2.75, 3.05) is 0 Å². The Morgan fingerprint density at radius 1 is 1.27 bits per heavy atom. The van der Waals surface area contributed by atoms with Crippen molar-refractivity contribution in [2.45, 2.75) is 34.6 Å². The minimum atomic E-state index is 0.214. The third kappa shape index (κ3) is 4.83. The van der Waals surface area contributed by atoms with E-state index in [4.69, 9.17) is 0 Å². The summed E-state index contributed by atoms with van der Waals surface area (Å²) < 4.78 is 0. The summed E-state index contributed by atoms with van der Waals surface area (Å²) in [6.07, 6.45) is 4.32. The molecular formula is C11H20. The van der Waals surface area contributed by atoms with Gasteiger partial charge in [0.2, 0.25) is 0 Å². The van der Waals surface area contributed by atoms with Gasteiger partial charge in [-0.15, -0.1) is 0 Å². The molecule has 0 fully saturated rings. The highest BCUT2D eigenvalue weighted by Gasteiger charge is 2.11. The van der Waals surface area contributed by atoms with Gasteiger partial charge in [-0.05, 0) is 11.3 Å². The van der Waals surface area contributed by atoms with Crippen LogP contribution in [0.15, 0.2) is 24.3 Å². The van der Waals surface area contributed by atoms with E-state index in [1.165, 1.54) is 5.57 Å². The standard InChI is InChI=1S/C11H20/c1-9(2)7-8-10(3)11(4,5)6/h7-9H,3H2,1-2,4-6H3/b8-7+. The van der Waals surface area contributed by atoms with Gasteiger partial charge in [0.15, 0.2) is 0 Å². The summed E-state index contributed by atoms with van der Waals surface area (Å²) >= 11 is 0. The van der Waals surface area contributed by atoms with E-state index < -0.39 is 0 Å². The number of hydrogen-bond acceptors (Lipinski definition) is 0. The van der Waals surface area contributed by atoms with Crippen LogP contribution in [-0.2, 0) is 0 Å². The molecule has 0 aliphatic rings. The van der Waals surface area contributed by atoms with E-state index in [0.29, 0.717) is 5.92 Å². The highest BCUT2D eigenvalue weighted by Crippen LogP contribution is 2.24. The Bertz CT molecular complexity index is 153.